The number of carbonyl (C=O) groups excluding carboxylic acids is 1. The van der Waals surface area contributed by atoms with Crippen molar-refractivity contribution >= 4 is 5.78 Å². The highest BCUT2D eigenvalue weighted by Crippen LogP contribution is 2.15. The van der Waals surface area contributed by atoms with E-state index in [9.17, 15) is 9.90 Å². The molecular formula is C17H19NO2. The fraction of sp³-hybridized carbons (Fsp3) is 0.235. The molecule has 0 radical (unpaired) electrons. The Balaban J connectivity index is 2.02. The average Bonchev–Trinajstić information content (AvgIpc) is 2.48. The Hall–Kier alpha value is -2.13. The van der Waals surface area contributed by atoms with Gasteiger partial charge < -0.3 is 10.4 Å². The maximum Gasteiger partial charge on any atom is 0.179 e. The number of ketones is 1. The molecule has 3 heteroatoms. The molecule has 0 aromatic heterocycles. The van der Waals surface area contributed by atoms with Gasteiger partial charge in [0.05, 0.1) is 6.04 Å². The van der Waals surface area contributed by atoms with Crippen LogP contribution >= 0.6 is 0 Å². The number of hydrogen-bond donors (Lipinski definition) is 2. The Kier molecular flexibility index (Phi) is 4.53. The zero-order valence-corrected chi connectivity index (χ0v) is 11.7. The fourth-order valence-corrected chi connectivity index (χ4v) is 2.16. The number of carbonyl (C=O) groups is 1. The van der Waals surface area contributed by atoms with Crippen LogP contribution in [0.25, 0.3) is 0 Å². The predicted octanol–water partition coefficient (Wildman–Crippen LogP) is 3.31. The monoisotopic (exact) mass is 269 g/mol. The molecule has 2 rings (SSSR count). The average molecular weight is 269 g/mol. The molecular weight excluding hydrogens is 250 g/mol. The first kappa shape index (κ1) is 14.3. The summed E-state index contributed by atoms with van der Waals surface area (Å²) in [5.74, 6) is 0.188. The molecule has 0 aliphatic heterocycles. The van der Waals surface area contributed by atoms with Gasteiger partial charge in [-0.1, -0.05) is 30.3 Å². The maximum atomic E-state index is 12.3. The summed E-state index contributed by atoms with van der Waals surface area (Å²) in [4.78, 5) is 12.3. The second-order valence-corrected chi connectivity index (χ2v) is 4.93. The number of phenols is 1. The Morgan fingerprint density at radius 2 is 1.60 bits per heavy atom. The van der Waals surface area contributed by atoms with Gasteiger partial charge in [0.25, 0.3) is 0 Å². The molecule has 0 fully saturated rings. The minimum absolute atomic E-state index is 0.0211. The molecule has 0 aliphatic carbocycles. The smallest absolute Gasteiger partial charge is 0.179 e. The number of benzene rings is 2. The van der Waals surface area contributed by atoms with Crippen LogP contribution in [0.5, 0.6) is 5.75 Å². The molecule has 2 N–H and O–H groups in total. The van der Waals surface area contributed by atoms with E-state index in [4.69, 9.17) is 0 Å². The van der Waals surface area contributed by atoms with Crippen molar-refractivity contribution in [2.45, 2.75) is 25.9 Å². The third-order valence-electron chi connectivity index (χ3n) is 3.34. The van der Waals surface area contributed by atoms with Gasteiger partial charge >= 0.3 is 0 Å². The number of rotatable bonds is 5. The summed E-state index contributed by atoms with van der Waals surface area (Å²) in [6, 6.07) is 16.2. The zero-order valence-electron chi connectivity index (χ0n) is 11.7. The first-order valence-corrected chi connectivity index (χ1v) is 6.72. The molecule has 0 saturated heterocycles. The van der Waals surface area contributed by atoms with Crippen molar-refractivity contribution in [1.82, 2.24) is 5.32 Å². The molecule has 0 saturated carbocycles. The van der Waals surface area contributed by atoms with Crippen molar-refractivity contribution in [3.05, 3.63) is 65.7 Å². The van der Waals surface area contributed by atoms with E-state index < -0.39 is 0 Å². The van der Waals surface area contributed by atoms with Crippen LogP contribution in [-0.2, 0) is 0 Å². The SMILES string of the molecule is C[C@H](N[C@H](C)c1ccccc1)C(=O)c1ccc(O)cc1. The number of Topliss-reactive ketones (excluding diaryl/α,β-unsaturated/α-hetero) is 1. The van der Waals surface area contributed by atoms with Gasteiger partial charge in [-0.05, 0) is 43.7 Å². The van der Waals surface area contributed by atoms with E-state index >= 15 is 0 Å². The second kappa shape index (κ2) is 6.35. The van der Waals surface area contributed by atoms with E-state index in [-0.39, 0.29) is 23.6 Å². The third kappa shape index (κ3) is 3.45. The number of nitrogens with one attached hydrogen (secondary N) is 1. The van der Waals surface area contributed by atoms with Gasteiger partial charge in [0.2, 0.25) is 0 Å². The van der Waals surface area contributed by atoms with Gasteiger partial charge in [0, 0.05) is 11.6 Å². The zero-order chi connectivity index (χ0) is 14.5. The minimum Gasteiger partial charge on any atom is -0.508 e. The summed E-state index contributed by atoms with van der Waals surface area (Å²) in [6.45, 7) is 3.89. The van der Waals surface area contributed by atoms with Gasteiger partial charge in [-0.3, -0.25) is 4.79 Å². The summed E-state index contributed by atoms with van der Waals surface area (Å²) in [5.41, 5.74) is 1.75. The lowest BCUT2D eigenvalue weighted by Gasteiger charge is -2.19. The number of phenolic OH excluding ortho intramolecular Hbond substituents is 1. The number of aromatic hydroxyl groups is 1. The van der Waals surface area contributed by atoms with E-state index in [1.54, 1.807) is 12.1 Å². The van der Waals surface area contributed by atoms with E-state index in [0.717, 1.165) is 5.56 Å². The fourth-order valence-electron chi connectivity index (χ4n) is 2.16. The van der Waals surface area contributed by atoms with E-state index in [2.05, 4.69) is 5.32 Å². The Bertz CT molecular complexity index is 563. The summed E-state index contributed by atoms with van der Waals surface area (Å²) < 4.78 is 0. The van der Waals surface area contributed by atoms with Crippen LogP contribution in [-0.4, -0.2) is 16.9 Å². The lowest BCUT2D eigenvalue weighted by atomic mass is 10.0. The van der Waals surface area contributed by atoms with Crippen molar-refractivity contribution in [3.63, 3.8) is 0 Å². The molecule has 3 nitrogen and oxygen atoms in total. The lowest BCUT2D eigenvalue weighted by molar-refractivity contribution is 0.0945. The van der Waals surface area contributed by atoms with Crippen LogP contribution in [0.1, 0.15) is 35.8 Å². The lowest BCUT2D eigenvalue weighted by Crippen LogP contribution is -2.35. The van der Waals surface area contributed by atoms with Gasteiger partial charge in [-0.15, -0.1) is 0 Å². The quantitative estimate of drug-likeness (QED) is 0.819. The van der Waals surface area contributed by atoms with Gasteiger partial charge in [0.15, 0.2) is 5.78 Å². The summed E-state index contributed by atoms with van der Waals surface area (Å²) >= 11 is 0. The van der Waals surface area contributed by atoms with Crippen molar-refractivity contribution in [2.24, 2.45) is 0 Å². The molecule has 0 bridgehead atoms. The van der Waals surface area contributed by atoms with Gasteiger partial charge in [-0.2, -0.15) is 0 Å². The molecule has 0 spiro atoms. The second-order valence-electron chi connectivity index (χ2n) is 4.93. The topological polar surface area (TPSA) is 49.3 Å². The molecule has 0 unspecified atom stereocenters. The van der Waals surface area contributed by atoms with Crippen molar-refractivity contribution < 1.29 is 9.90 Å². The van der Waals surface area contributed by atoms with Crippen molar-refractivity contribution in [3.8, 4) is 5.75 Å². The van der Waals surface area contributed by atoms with Crippen LogP contribution in [0.2, 0.25) is 0 Å². The largest absolute Gasteiger partial charge is 0.508 e. The molecule has 0 aliphatic rings. The maximum absolute atomic E-state index is 12.3. The molecule has 2 aromatic carbocycles. The number of hydrogen-bond acceptors (Lipinski definition) is 3. The highest BCUT2D eigenvalue weighted by atomic mass is 16.3. The molecule has 0 heterocycles. The Morgan fingerprint density at radius 3 is 2.20 bits per heavy atom. The Morgan fingerprint density at radius 1 is 1.00 bits per heavy atom. The van der Waals surface area contributed by atoms with E-state index in [0.29, 0.717) is 5.56 Å². The summed E-state index contributed by atoms with van der Waals surface area (Å²) in [7, 11) is 0. The molecule has 2 aromatic rings. The first-order valence-electron chi connectivity index (χ1n) is 6.72. The van der Waals surface area contributed by atoms with Crippen LogP contribution in [0.4, 0.5) is 0 Å². The highest BCUT2D eigenvalue weighted by Gasteiger charge is 2.17. The third-order valence-corrected chi connectivity index (χ3v) is 3.34. The van der Waals surface area contributed by atoms with Crippen LogP contribution in [0, 0.1) is 0 Å². The first-order chi connectivity index (χ1) is 9.58. The molecule has 104 valence electrons. The van der Waals surface area contributed by atoms with Crippen LogP contribution < -0.4 is 5.32 Å². The standard InChI is InChI=1S/C17H19NO2/c1-12(14-6-4-3-5-7-14)18-13(2)17(20)15-8-10-16(19)11-9-15/h3-13,18-19H,1-2H3/t12-,13+/m1/s1. The van der Waals surface area contributed by atoms with Crippen LogP contribution in [0.15, 0.2) is 54.6 Å². The highest BCUT2D eigenvalue weighted by molar-refractivity contribution is 5.99. The molecule has 20 heavy (non-hydrogen) atoms. The van der Waals surface area contributed by atoms with E-state index in [1.165, 1.54) is 12.1 Å². The van der Waals surface area contributed by atoms with Gasteiger partial charge in [-0.25, -0.2) is 0 Å². The van der Waals surface area contributed by atoms with Crippen molar-refractivity contribution in [2.75, 3.05) is 0 Å². The normalized spacial score (nSPS) is 13.7. The Labute approximate surface area is 119 Å². The predicted molar refractivity (Wildman–Crippen MR) is 79.9 cm³/mol. The van der Waals surface area contributed by atoms with Gasteiger partial charge in [0.1, 0.15) is 5.75 Å². The summed E-state index contributed by atoms with van der Waals surface area (Å²) in [6.07, 6.45) is 0. The molecule has 0 amide bonds. The van der Waals surface area contributed by atoms with Crippen LogP contribution in [0.3, 0.4) is 0 Å². The molecule has 2 atom stereocenters. The van der Waals surface area contributed by atoms with E-state index in [1.807, 2.05) is 44.2 Å². The summed E-state index contributed by atoms with van der Waals surface area (Å²) in [5, 5.41) is 12.5. The minimum atomic E-state index is -0.283. The van der Waals surface area contributed by atoms with Crippen molar-refractivity contribution in [1.29, 1.82) is 0 Å².